The molecule has 3 N–H and O–H groups in total. The summed E-state index contributed by atoms with van der Waals surface area (Å²) in [7, 11) is 0. The Balaban J connectivity index is 1.97. The lowest BCUT2D eigenvalue weighted by molar-refractivity contribution is -0.115. The molecule has 0 fully saturated rings. The maximum atomic E-state index is 12.3. The van der Waals surface area contributed by atoms with Gasteiger partial charge in [0.2, 0.25) is 5.91 Å². The molecule has 1 aromatic heterocycles. The fourth-order valence-electron chi connectivity index (χ4n) is 1.68. The van der Waals surface area contributed by atoms with Crippen LogP contribution in [0.25, 0.3) is 0 Å². The zero-order valence-electron chi connectivity index (χ0n) is 11.9. The largest absolute Gasteiger partial charge is 0.369 e. The van der Waals surface area contributed by atoms with Crippen molar-refractivity contribution in [3.63, 3.8) is 0 Å². The zero-order chi connectivity index (χ0) is 15.9. The average molecular weight is 353 g/mol. The molecule has 0 atom stereocenters. The van der Waals surface area contributed by atoms with E-state index in [9.17, 15) is 9.59 Å². The number of nitrogens with one attached hydrogen (secondary N) is 1. The number of amides is 2. The molecule has 8 heteroatoms. The molecule has 0 bridgehead atoms. The van der Waals surface area contributed by atoms with E-state index < -0.39 is 0 Å². The Labute approximate surface area is 141 Å². The second-order valence-electron chi connectivity index (χ2n) is 4.26. The Hall–Kier alpha value is -1.51. The summed E-state index contributed by atoms with van der Waals surface area (Å²) in [6.45, 7) is 0. The number of rotatable bonds is 7. The van der Waals surface area contributed by atoms with Gasteiger partial charge in [-0.2, -0.15) is 0 Å². The van der Waals surface area contributed by atoms with Gasteiger partial charge < -0.3 is 5.73 Å². The van der Waals surface area contributed by atoms with Gasteiger partial charge in [0.1, 0.15) is 0 Å². The third-order valence-electron chi connectivity index (χ3n) is 2.62. The number of thiazole rings is 1. The Morgan fingerprint density at radius 2 is 2.14 bits per heavy atom. The van der Waals surface area contributed by atoms with Gasteiger partial charge >= 0.3 is 0 Å². The van der Waals surface area contributed by atoms with E-state index in [0.29, 0.717) is 16.4 Å². The number of hydrogen-bond donors (Lipinski definition) is 2. The fraction of sp³-hybridized carbons (Fsp3) is 0.214. The van der Waals surface area contributed by atoms with Crippen molar-refractivity contribution in [1.29, 1.82) is 0 Å². The van der Waals surface area contributed by atoms with Gasteiger partial charge in [0.05, 0.1) is 17.0 Å². The number of nitrogens with two attached hydrogens (primary N) is 1. The molecule has 1 aromatic carbocycles. The van der Waals surface area contributed by atoms with Gasteiger partial charge in [-0.25, -0.2) is 4.98 Å². The molecule has 0 aliphatic carbocycles. The number of carbonyl (C=O) groups excluding carboxylic acids is 2. The smallest absolute Gasteiger partial charge is 0.258 e. The highest BCUT2D eigenvalue weighted by Crippen LogP contribution is 2.23. The number of carbonyl (C=O) groups is 2. The van der Waals surface area contributed by atoms with E-state index in [2.05, 4.69) is 10.3 Å². The molecule has 2 rings (SSSR count). The summed E-state index contributed by atoms with van der Waals surface area (Å²) in [6.07, 6.45) is 1.93. The van der Waals surface area contributed by atoms with Gasteiger partial charge in [0.15, 0.2) is 5.13 Å². The normalized spacial score (nSPS) is 10.4. The number of benzene rings is 1. The fourth-order valence-corrected chi connectivity index (χ4v) is 3.75. The summed E-state index contributed by atoms with van der Waals surface area (Å²) in [4.78, 5) is 28.2. The number of thioether (sulfide) groups is 2. The molecule has 0 spiro atoms. The number of primary amides is 1. The first-order valence-corrected chi connectivity index (χ1v) is 9.61. The van der Waals surface area contributed by atoms with Crippen LogP contribution in [-0.2, 0) is 10.5 Å². The van der Waals surface area contributed by atoms with Crippen LogP contribution in [0.4, 0.5) is 5.13 Å². The van der Waals surface area contributed by atoms with Crippen molar-refractivity contribution in [2.75, 3.05) is 17.3 Å². The van der Waals surface area contributed by atoms with Gasteiger partial charge in [0, 0.05) is 16.0 Å². The highest BCUT2D eigenvalue weighted by molar-refractivity contribution is 7.99. The molecule has 116 valence electrons. The third kappa shape index (κ3) is 4.75. The molecule has 2 amide bonds. The minimum Gasteiger partial charge on any atom is -0.369 e. The van der Waals surface area contributed by atoms with E-state index in [0.717, 1.165) is 10.6 Å². The van der Waals surface area contributed by atoms with E-state index in [4.69, 9.17) is 5.73 Å². The van der Waals surface area contributed by atoms with Crippen LogP contribution < -0.4 is 11.1 Å². The summed E-state index contributed by atoms with van der Waals surface area (Å²) in [5.74, 6) is 0.342. The summed E-state index contributed by atoms with van der Waals surface area (Å²) < 4.78 is 0. The van der Waals surface area contributed by atoms with Crippen LogP contribution in [-0.4, -0.2) is 28.8 Å². The van der Waals surface area contributed by atoms with Crippen LogP contribution >= 0.6 is 34.9 Å². The lowest BCUT2D eigenvalue weighted by atomic mass is 10.2. The Bertz CT molecular complexity index is 673. The lowest BCUT2D eigenvalue weighted by Crippen LogP contribution is -2.13. The van der Waals surface area contributed by atoms with Crippen molar-refractivity contribution in [3.05, 3.63) is 40.9 Å². The first-order valence-electron chi connectivity index (χ1n) is 6.35. The lowest BCUT2D eigenvalue weighted by Gasteiger charge is -2.06. The van der Waals surface area contributed by atoms with E-state index >= 15 is 0 Å². The Morgan fingerprint density at radius 1 is 1.36 bits per heavy atom. The summed E-state index contributed by atoms with van der Waals surface area (Å²) >= 11 is 4.30. The van der Waals surface area contributed by atoms with Crippen LogP contribution in [0.3, 0.4) is 0 Å². The van der Waals surface area contributed by atoms with E-state index in [-0.39, 0.29) is 17.6 Å². The Morgan fingerprint density at radius 3 is 2.86 bits per heavy atom. The molecule has 0 saturated heterocycles. The van der Waals surface area contributed by atoms with E-state index in [1.165, 1.54) is 34.9 Å². The molecule has 0 radical (unpaired) electrons. The van der Waals surface area contributed by atoms with Crippen LogP contribution in [0.2, 0.25) is 0 Å². The van der Waals surface area contributed by atoms with E-state index in [1.807, 2.05) is 29.8 Å². The number of anilines is 1. The van der Waals surface area contributed by atoms with Crippen LogP contribution in [0.1, 0.15) is 16.1 Å². The van der Waals surface area contributed by atoms with Crippen molar-refractivity contribution in [2.24, 2.45) is 5.73 Å². The molecular formula is C14H15N3O2S3. The van der Waals surface area contributed by atoms with Crippen LogP contribution in [0.5, 0.6) is 0 Å². The Kier molecular flexibility index (Phi) is 6.29. The summed E-state index contributed by atoms with van der Waals surface area (Å²) in [5, 5.41) is 5.22. The minimum atomic E-state index is -0.345. The molecule has 0 saturated carbocycles. The standard InChI is InChI=1S/C14H15N3O2S3/c1-20-11-5-3-2-4-10(11)13(19)17-14-16-9(7-22-14)6-21-8-12(15)18/h2-5,7H,6,8H2,1H3,(H2,15,18)(H,16,17,19). The average Bonchev–Trinajstić information content (AvgIpc) is 2.94. The monoisotopic (exact) mass is 353 g/mol. The van der Waals surface area contributed by atoms with Gasteiger partial charge in [0.25, 0.3) is 5.91 Å². The quantitative estimate of drug-likeness (QED) is 0.748. The van der Waals surface area contributed by atoms with Crippen molar-refractivity contribution < 1.29 is 9.59 Å². The summed E-state index contributed by atoms with van der Waals surface area (Å²) in [6, 6.07) is 7.44. The molecule has 2 aromatic rings. The van der Waals surface area contributed by atoms with Crippen LogP contribution in [0.15, 0.2) is 34.5 Å². The highest BCUT2D eigenvalue weighted by Gasteiger charge is 2.12. The van der Waals surface area contributed by atoms with Crippen molar-refractivity contribution in [3.8, 4) is 0 Å². The SMILES string of the molecule is CSc1ccccc1C(=O)Nc1nc(CSCC(N)=O)cs1. The first-order chi connectivity index (χ1) is 10.6. The topological polar surface area (TPSA) is 85.1 Å². The van der Waals surface area contributed by atoms with Gasteiger partial charge in [-0.05, 0) is 18.4 Å². The van der Waals surface area contributed by atoms with Crippen molar-refractivity contribution >= 4 is 51.8 Å². The highest BCUT2D eigenvalue weighted by atomic mass is 32.2. The van der Waals surface area contributed by atoms with Crippen LogP contribution in [0, 0.1) is 0 Å². The molecule has 0 unspecified atom stereocenters. The number of nitrogens with zero attached hydrogens (tertiary/aromatic N) is 1. The maximum absolute atomic E-state index is 12.3. The predicted octanol–water partition coefficient (Wildman–Crippen LogP) is 2.84. The van der Waals surface area contributed by atoms with Gasteiger partial charge in [-0.3, -0.25) is 14.9 Å². The maximum Gasteiger partial charge on any atom is 0.258 e. The van der Waals surface area contributed by atoms with Gasteiger partial charge in [-0.1, -0.05) is 12.1 Å². The summed E-state index contributed by atoms with van der Waals surface area (Å²) in [5.41, 5.74) is 6.54. The molecular weight excluding hydrogens is 338 g/mol. The first kappa shape index (κ1) is 16.9. The molecule has 1 heterocycles. The zero-order valence-corrected chi connectivity index (χ0v) is 14.3. The molecule has 0 aliphatic heterocycles. The number of aromatic nitrogens is 1. The molecule has 0 aliphatic rings. The predicted molar refractivity (Wildman–Crippen MR) is 93.6 cm³/mol. The minimum absolute atomic E-state index is 0.171. The third-order valence-corrected chi connectivity index (χ3v) is 5.21. The van der Waals surface area contributed by atoms with Crippen molar-refractivity contribution in [1.82, 2.24) is 4.98 Å². The second-order valence-corrected chi connectivity index (χ2v) is 6.95. The van der Waals surface area contributed by atoms with Crippen molar-refractivity contribution in [2.45, 2.75) is 10.6 Å². The van der Waals surface area contributed by atoms with E-state index in [1.54, 1.807) is 6.07 Å². The second kappa shape index (κ2) is 8.21. The molecule has 5 nitrogen and oxygen atoms in total. The number of hydrogen-bond acceptors (Lipinski definition) is 6. The van der Waals surface area contributed by atoms with Gasteiger partial charge in [-0.15, -0.1) is 34.9 Å². The molecule has 22 heavy (non-hydrogen) atoms.